The van der Waals surface area contributed by atoms with Gasteiger partial charge in [0.25, 0.3) is 5.91 Å². The molecule has 0 bridgehead atoms. The Balaban J connectivity index is 2.08. The van der Waals surface area contributed by atoms with Crippen molar-refractivity contribution in [2.75, 3.05) is 0 Å². The molecule has 124 valence electrons. The first-order valence-electron chi connectivity index (χ1n) is 7.46. The van der Waals surface area contributed by atoms with Gasteiger partial charge in [-0.1, -0.05) is 55.1 Å². The standard InChI is InChI=1S/C15H21Cl3N2O2/c1-9-5-3-6-10(2)12(9)19-14(15(16,17)18)20-13(21)11-7-4-8-22-11/h4,7-10,12,14,19H,3,5-6H2,1-2H3,(H,20,21). The van der Waals surface area contributed by atoms with E-state index in [4.69, 9.17) is 39.2 Å². The van der Waals surface area contributed by atoms with Gasteiger partial charge in [0.15, 0.2) is 5.76 Å². The molecule has 2 rings (SSSR count). The Morgan fingerprint density at radius 2 is 1.95 bits per heavy atom. The van der Waals surface area contributed by atoms with Crippen LogP contribution in [0.1, 0.15) is 43.7 Å². The van der Waals surface area contributed by atoms with Crippen molar-refractivity contribution < 1.29 is 9.21 Å². The maximum Gasteiger partial charge on any atom is 0.288 e. The van der Waals surface area contributed by atoms with Gasteiger partial charge in [0.05, 0.1) is 6.26 Å². The number of rotatable bonds is 4. The number of furan rings is 1. The molecular formula is C15H21Cl3N2O2. The van der Waals surface area contributed by atoms with E-state index in [1.54, 1.807) is 12.1 Å². The summed E-state index contributed by atoms with van der Waals surface area (Å²) in [5.41, 5.74) is 0. The number of hydrogen-bond acceptors (Lipinski definition) is 3. The summed E-state index contributed by atoms with van der Waals surface area (Å²) >= 11 is 18.1. The number of amides is 1. The van der Waals surface area contributed by atoms with E-state index < -0.39 is 15.9 Å². The van der Waals surface area contributed by atoms with Crippen LogP contribution in [0, 0.1) is 11.8 Å². The first-order valence-corrected chi connectivity index (χ1v) is 8.59. The van der Waals surface area contributed by atoms with Gasteiger partial charge in [0.2, 0.25) is 3.79 Å². The maximum absolute atomic E-state index is 12.1. The van der Waals surface area contributed by atoms with Gasteiger partial charge in [-0.05, 0) is 36.8 Å². The predicted octanol–water partition coefficient (Wildman–Crippen LogP) is 4.12. The van der Waals surface area contributed by atoms with E-state index >= 15 is 0 Å². The van der Waals surface area contributed by atoms with Crippen LogP contribution in [0.15, 0.2) is 22.8 Å². The molecule has 0 saturated heterocycles. The number of hydrogen-bond donors (Lipinski definition) is 2. The van der Waals surface area contributed by atoms with Gasteiger partial charge in [-0.15, -0.1) is 0 Å². The summed E-state index contributed by atoms with van der Waals surface area (Å²) in [5.74, 6) is 0.689. The Bertz CT molecular complexity index is 477. The highest BCUT2D eigenvalue weighted by Gasteiger charge is 2.39. The van der Waals surface area contributed by atoms with E-state index in [1.165, 1.54) is 12.7 Å². The van der Waals surface area contributed by atoms with Gasteiger partial charge in [-0.25, -0.2) is 0 Å². The second-order valence-electron chi connectivity index (χ2n) is 6.00. The van der Waals surface area contributed by atoms with E-state index in [9.17, 15) is 4.79 Å². The highest BCUT2D eigenvalue weighted by atomic mass is 35.6. The lowest BCUT2D eigenvalue weighted by molar-refractivity contribution is 0.0883. The van der Waals surface area contributed by atoms with Crippen LogP contribution in [0.25, 0.3) is 0 Å². The smallest absolute Gasteiger partial charge is 0.288 e. The van der Waals surface area contributed by atoms with Crippen LogP contribution >= 0.6 is 34.8 Å². The van der Waals surface area contributed by atoms with E-state index in [0.29, 0.717) is 11.8 Å². The van der Waals surface area contributed by atoms with Crippen molar-refractivity contribution in [1.29, 1.82) is 0 Å². The SMILES string of the molecule is CC1CCCC(C)C1NC(NC(=O)c1ccco1)C(Cl)(Cl)Cl. The lowest BCUT2D eigenvalue weighted by Crippen LogP contribution is -2.59. The van der Waals surface area contributed by atoms with Crippen molar-refractivity contribution >= 4 is 40.7 Å². The third-order valence-electron chi connectivity index (χ3n) is 4.25. The number of carbonyl (C=O) groups excluding carboxylic acids is 1. The highest BCUT2D eigenvalue weighted by molar-refractivity contribution is 6.68. The van der Waals surface area contributed by atoms with Gasteiger partial charge in [0.1, 0.15) is 6.17 Å². The van der Waals surface area contributed by atoms with Gasteiger partial charge in [-0.2, -0.15) is 0 Å². The van der Waals surface area contributed by atoms with E-state index in [2.05, 4.69) is 24.5 Å². The average molecular weight is 368 g/mol. The minimum Gasteiger partial charge on any atom is -0.459 e. The molecule has 2 N–H and O–H groups in total. The Hall–Kier alpha value is -0.420. The van der Waals surface area contributed by atoms with Crippen LogP contribution in [-0.2, 0) is 0 Å². The molecule has 0 radical (unpaired) electrons. The van der Waals surface area contributed by atoms with Crippen LogP contribution < -0.4 is 10.6 Å². The minimum atomic E-state index is -1.65. The largest absolute Gasteiger partial charge is 0.459 e. The monoisotopic (exact) mass is 366 g/mol. The number of halogens is 3. The molecule has 1 aliphatic rings. The van der Waals surface area contributed by atoms with Gasteiger partial charge in [-0.3, -0.25) is 10.1 Å². The quantitative estimate of drug-likeness (QED) is 0.621. The van der Waals surface area contributed by atoms with Gasteiger partial charge >= 0.3 is 0 Å². The second kappa shape index (κ2) is 7.43. The Morgan fingerprint density at radius 1 is 1.32 bits per heavy atom. The zero-order valence-corrected chi connectivity index (χ0v) is 14.9. The minimum absolute atomic E-state index is 0.186. The summed E-state index contributed by atoms with van der Waals surface area (Å²) in [6.07, 6.45) is 4.10. The number of nitrogens with one attached hydrogen (secondary N) is 2. The third-order valence-corrected chi connectivity index (χ3v) is 4.91. The van der Waals surface area contributed by atoms with Gasteiger partial charge in [0, 0.05) is 6.04 Å². The summed E-state index contributed by atoms with van der Waals surface area (Å²) in [4.78, 5) is 12.1. The Labute approximate surface area is 145 Å². The summed E-state index contributed by atoms with van der Waals surface area (Å²) in [7, 11) is 0. The lowest BCUT2D eigenvalue weighted by Gasteiger charge is -2.39. The summed E-state index contributed by atoms with van der Waals surface area (Å²) in [6, 6.07) is 3.39. The fourth-order valence-electron chi connectivity index (χ4n) is 3.03. The Kier molecular flexibility index (Phi) is 6.06. The predicted molar refractivity (Wildman–Crippen MR) is 89.4 cm³/mol. The molecule has 1 aliphatic carbocycles. The topological polar surface area (TPSA) is 54.3 Å². The third kappa shape index (κ3) is 4.54. The zero-order valence-electron chi connectivity index (χ0n) is 12.6. The molecule has 1 saturated carbocycles. The zero-order chi connectivity index (χ0) is 16.3. The van der Waals surface area contributed by atoms with E-state index in [1.807, 2.05) is 0 Å². The van der Waals surface area contributed by atoms with Gasteiger partial charge < -0.3 is 9.73 Å². The molecule has 3 unspecified atom stereocenters. The molecule has 1 aromatic heterocycles. The van der Waals surface area contributed by atoms with Crippen LogP contribution in [0.3, 0.4) is 0 Å². The lowest BCUT2D eigenvalue weighted by atomic mass is 9.78. The van der Waals surface area contributed by atoms with Crippen molar-refractivity contribution in [2.24, 2.45) is 11.8 Å². The van der Waals surface area contributed by atoms with Crippen LogP contribution in [0.2, 0.25) is 0 Å². The van der Waals surface area contributed by atoms with Crippen LogP contribution in [0.5, 0.6) is 0 Å². The molecule has 1 aromatic rings. The van der Waals surface area contributed by atoms with Crippen LogP contribution in [0.4, 0.5) is 0 Å². The maximum atomic E-state index is 12.1. The summed E-state index contributed by atoms with van der Waals surface area (Å²) in [6.45, 7) is 4.36. The molecule has 1 heterocycles. The molecule has 1 fully saturated rings. The van der Waals surface area contributed by atoms with Crippen molar-refractivity contribution in [3.63, 3.8) is 0 Å². The molecule has 22 heavy (non-hydrogen) atoms. The van der Waals surface area contributed by atoms with Crippen molar-refractivity contribution in [1.82, 2.24) is 10.6 Å². The molecule has 0 aliphatic heterocycles. The molecule has 0 spiro atoms. The molecule has 4 nitrogen and oxygen atoms in total. The summed E-state index contributed by atoms with van der Waals surface area (Å²) in [5, 5.41) is 6.03. The molecule has 7 heteroatoms. The molecule has 0 aromatic carbocycles. The van der Waals surface area contributed by atoms with Crippen molar-refractivity contribution in [3.05, 3.63) is 24.2 Å². The number of alkyl halides is 3. The Morgan fingerprint density at radius 3 is 2.45 bits per heavy atom. The highest BCUT2D eigenvalue weighted by Crippen LogP contribution is 2.33. The number of carbonyl (C=O) groups is 1. The van der Waals surface area contributed by atoms with Crippen molar-refractivity contribution in [2.45, 2.75) is 49.1 Å². The normalized spacial score (nSPS) is 27.4. The first-order chi connectivity index (χ1) is 10.3. The summed E-state index contributed by atoms with van der Waals surface area (Å²) < 4.78 is 3.42. The molecular weight excluding hydrogens is 347 g/mol. The van der Waals surface area contributed by atoms with E-state index in [0.717, 1.165) is 12.8 Å². The fourth-order valence-corrected chi connectivity index (χ4v) is 3.38. The van der Waals surface area contributed by atoms with Crippen LogP contribution in [-0.4, -0.2) is 21.9 Å². The molecule has 1 amide bonds. The van der Waals surface area contributed by atoms with Crippen molar-refractivity contribution in [3.8, 4) is 0 Å². The first kappa shape index (κ1) is 17.9. The molecule has 3 atom stereocenters. The second-order valence-corrected chi connectivity index (χ2v) is 8.37. The fraction of sp³-hybridized carbons (Fsp3) is 0.667. The van der Waals surface area contributed by atoms with E-state index in [-0.39, 0.29) is 11.8 Å². The average Bonchev–Trinajstić information content (AvgIpc) is 2.94.